The molecule has 11 heteroatoms. The zero-order chi connectivity index (χ0) is 24.9. The van der Waals surface area contributed by atoms with E-state index in [-0.39, 0.29) is 58.5 Å². The molecule has 1 aromatic rings. The minimum atomic E-state index is -0.964. The Balaban J connectivity index is 1.57. The fraction of sp³-hybridized carbons (Fsp3) is 0.478. The average molecular weight is 470 g/mol. The zero-order valence-corrected chi connectivity index (χ0v) is 19.1. The van der Waals surface area contributed by atoms with Crippen LogP contribution in [0.5, 0.6) is 0 Å². The lowest BCUT2D eigenvalue weighted by molar-refractivity contribution is -0.384. The Hall–Kier alpha value is -3.60. The summed E-state index contributed by atoms with van der Waals surface area (Å²) in [6.45, 7) is 7.12. The molecule has 0 unspecified atom stereocenters. The van der Waals surface area contributed by atoms with Crippen molar-refractivity contribution in [2.24, 2.45) is 29.4 Å². The molecule has 34 heavy (non-hydrogen) atoms. The highest BCUT2D eigenvalue weighted by atomic mass is 16.6. The van der Waals surface area contributed by atoms with Gasteiger partial charge in [0.25, 0.3) is 5.69 Å². The lowest BCUT2D eigenvalue weighted by atomic mass is 9.74. The molecule has 180 valence electrons. The molecule has 0 aliphatic carbocycles. The first-order chi connectivity index (χ1) is 16.0. The van der Waals surface area contributed by atoms with E-state index in [0.29, 0.717) is 25.2 Å². The molecule has 4 rings (SSSR count). The molecule has 0 bridgehead atoms. The standard InChI is InChI=1S/C23H26N4O7/c1-11(2)17-18-12(3)16(10-25-8-14(9-25)20(24)28)19(26(18)21(17)29)23(31)34-22(30)13-4-6-15(7-5-13)27(32)33/h4-7,11-12,14,17-18H,8-10H2,1-3H3,(H2,24,28)/t12-,17+,18+/m0/s1. The van der Waals surface area contributed by atoms with Crippen molar-refractivity contribution in [1.82, 2.24) is 9.80 Å². The van der Waals surface area contributed by atoms with E-state index in [1.54, 1.807) is 0 Å². The Labute approximate surface area is 195 Å². The molecular formula is C23H26N4O7. The Morgan fingerprint density at radius 3 is 2.32 bits per heavy atom. The SMILES string of the molecule is CC(C)[C@H]1C(=O)N2C(C(=O)OC(=O)c3ccc([N+](=O)[O-])cc3)=C(CN3CC(C(N)=O)C3)[C@H](C)[C@H]12. The molecule has 0 spiro atoms. The topological polar surface area (TPSA) is 153 Å². The summed E-state index contributed by atoms with van der Waals surface area (Å²) in [6, 6.07) is 4.50. The largest absolute Gasteiger partial charge is 0.385 e. The number of rotatable bonds is 7. The Kier molecular flexibility index (Phi) is 5.98. The summed E-state index contributed by atoms with van der Waals surface area (Å²) in [7, 11) is 0. The van der Waals surface area contributed by atoms with Crippen LogP contribution in [0.3, 0.4) is 0 Å². The first-order valence-corrected chi connectivity index (χ1v) is 11.1. The molecule has 2 amide bonds. The summed E-state index contributed by atoms with van der Waals surface area (Å²) in [6.07, 6.45) is 0. The van der Waals surface area contributed by atoms with Gasteiger partial charge in [0, 0.05) is 37.7 Å². The van der Waals surface area contributed by atoms with Crippen LogP contribution in [0.4, 0.5) is 5.69 Å². The second-order valence-electron chi connectivity index (χ2n) is 9.41. The molecule has 0 saturated carbocycles. The third-order valence-corrected chi connectivity index (χ3v) is 6.96. The zero-order valence-electron chi connectivity index (χ0n) is 19.1. The number of β-lactam (4-membered cyclic amide) rings is 1. The van der Waals surface area contributed by atoms with Gasteiger partial charge in [0.05, 0.1) is 28.4 Å². The van der Waals surface area contributed by atoms with E-state index in [2.05, 4.69) is 0 Å². The van der Waals surface area contributed by atoms with Crippen molar-refractivity contribution >= 4 is 29.4 Å². The molecule has 3 heterocycles. The third-order valence-electron chi connectivity index (χ3n) is 6.96. The van der Waals surface area contributed by atoms with Gasteiger partial charge in [0.2, 0.25) is 11.8 Å². The molecule has 0 aromatic heterocycles. The number of benzene rings is 1. The number of non-ortho nitro benzene ring substituents is 1. The Bertz CT molecular complexity index is 1100. The van der Waals surface area contributed by atoms with Gasteiger partial charge in [-0.2, -0.15) is 0 Å². The number of likely N-dealkylation sites (tertiary alicyclic amines) is 1. The quantitative estimate of drug-likeness (QED) is 0.204. The monoisotopic (exact) mass is 470 g/mol. The minimum Gasteiger partial charge on any atom is -0.385 e. The number of carbonyl (C=O) groups excluding carboxylic acids is 4. The number of fused-ring (bicyclic) bond motifs is 1. The van der Waals surface area contributed by atoms with E-state index < -0.39 is 16.9 Å². The number of nitrogens with zero attached hydrogens (tertiary/aromatic N) is 3. The summed E-state index contributed by atoms with van der Waals surface area (Å²) in [5.41, 5.74) is 5.88. The number of carbonyl (C=O) groups is 4. The maximum Gasteiger partial charge on any atom is 0.362 e. The van der Waals surface area contributed by atoms with Gasteiger partial charge in [-0.25, -0.2) is 9.59 Å². The summed E-state index contributed by atoms with van der Waals surface area (Å²) in [5, 5.41) is 10.8. The molecule has 2 N–H and O–H groups in total. The number of primary amides is 1. The van der Waals surface area contributed by atoms with Crippen LogP contribution in [-0.2, 0) is 19.1 Å². The van der Waals surface area contributed by atoms with Crippen LogP contribution in [0.25, 0.3) is 0 Å². The van der Waals surface area contributed by atoms with Crippen LogP contribution in [-0.4, -0.2) is 64.2 Å². The maximum absolute atomic E-state index is 13.1. The van der Waals surface area contributed by atoms with E-state index >= 15 is 0 Å². The van der Waals surface area contributed by atoms with E-state index in [1.165, 1.54) is 17.0 Å². The first kappa shape index (κ1) is 23.6. The number of nitro groups is 1. The number of hydrogen-bond donors (Lipinski definition) is 1. The van der Waals surface area contributed by atoms with Gasteiger partial charge in [-0.3, -0.25) is 24.6 Å². The van der Waals surface area contributed by atoms with Gasteiger partial charge in [0.1, 0.15) is 5.70 Å². The predicted molar refractivity (Wildman–Crippen MR) is 118 cm³/mol. The van der Waals surface area contributed by atoms with Crippen molar-refractivity contribution in [2.75, 3.05) is 19.6 Å². The van der Waals surface area contributed by atoms with Crippen LogP contribution in [0.2, 0.25) is 0 Å². The van der Waals surface area contributed by atoms with Gasteiger partial charge >= 0.3 is 11.9 Å². The lowest BCUT2D eigenvalue weighted by Gasteiger charge is -2.47. The van der Waals surface area contributed by atoms with Crippen LogP contribution in [0.15, 0.2) is 35.5 Å². The molecule has 1 aromatic carbocycles. The fourth-order valence-corrected chi connectivity index (χ4v) is 5.06. The van der Waals surface area contributed by atoms with Crippen molar-refractivity contribution in [2.45, 2.75) is 26.8 Å². The number of nitro benzene ring substituents is 1. The smallest absolute Gasteiger partial charge is 0.362 e. The number of amides is 2. The predicted octanol–water partition coefficient (Wildman–Crippen LogP) is 1.08. The molecule has 2 saturated heterocycles. The minimum absolute atomic E-state index is 0.0225. The molecule has 2 fully saturated rings. The summed E-state index contributed by atoms with van der Waals surface area (Å²) >= 11 is 0. The van der Waals surface area contributed by atoms with E-state index in [4.69, 9.17) is 10.5 Å². The second-order valence-corrected chi connectivity index (χ2v) is 9.41. The highest BCUT2D eigenvalue weighted by Crippen LogP contribution is 2.49. The number of esters is 2. The highest BCUT2D eigenvalue weighted by Gasteiger charge is 2.59. The molecule has 0 radical (unpaired) electrons. The summed E-state index contributed by atoms with van der Waals surface area (Å²) in [5.74, 6) is -3.00. The number of ether oxygens (including phenoxy) is 1. The second kappa shape index (κ2) is 8.64. The summed E-state index contributed by atoms with van der Waals surface area (Å²) in [4.78, 5) is 63.6. The molecule has 3 aliphatic heterocycles. The van der Waals surface area contributed by atoms with Crippen molar-refractivity contribution < 1.29 is 28.8 Å². The number of hydrogen-bond acceptors (Lipinski definition) is 8. The van der Waals surface area contributed by atoms with Crippen molar-refractivity contribution in [3.63, 3.8) is 0 Å². The van der Waals surface area contributed by atoms with Crippen LogP contribution in [0.1, 0.15) is 31.1 Å². The van der Waals surface area contributed by atoms with Gasteiger partial charge < -0.3 is 15.4 Å². The average Bonchev–Trinajstić information content (AvgIpc) is 2.97. The summed E-state index contributed by atoms with van der Waals surface area (Å²) < 4.78 is 5.10. The maximum atomic E-state index is 13.1. The molecule has 11 nitrogen and oxygen atoms in total. The molecule has 3 aliphatic rings. The first-order valence-electron chi connectivity index (χ1n) is 11.1. The van der Waals surface area contributed by atoms with Crippen molar-refractivity contribution in [1.29, 1.82) is 0 Å². The highest BCUT2D eigenvalue weighted by molar-refractivity contribution is 6.06. The van der Waals surface area contributed by atoms with Gasteiger partial charge in [-0.05, 0) is 23.6 Å². The van der Waals surface area contributed by atoms with Crippen molar-refractivity contribution in [3.8, 4) is 0 Å². The van der Waals surface area contributed by atoms with Gasteiger partial charge in [-0.1, -0.05) is 20.8 Å². The third kappa shape index (κ3) is 3.85. The van der Waals surface area contributed by atoms with Gasteiger partial charge in [-0.15, -0.1) is 0 Å². The Morgan fingerprint density at radius 2 is 1.79 bits per heavy atom. The van der Waals surface area contributed by atoms with Gasteiger partial charge in [0.15, 0.2) is 0 Å². The van der Waals surface area contributed by atoms with Crippen LogP contribution < -0.4 is 5.73 Å². The Morgan fingerprint density at radius 1 is 1.18 bits per heavy atom. The van der Waals surface area contributed by atoms with Crippen LogP contribution in [0, 0.1) is 33.8 Å². The van der Waals surface area contributed by atoms with E-state index in [9.17, 15) is 29.3 Å². The fourth-order valence-electron chi connectivity index (χ4n) is 5.06. The molecule has 3 atom stereocenters. The normalized spacial score (nSPS) is 24.5. The van der Waals surface area contributed by atoms with E-state index in [0.717, 1.165) is 12.1 Å². The number of nitrogens with two attached hydrogens (primary N) is 1. The molecular weight excluding hydrogens is 444 g/mol. The van der Waals surface area contributed by atoms with Crippen LogP contribution >= 0.6 is 0 Å². The lowest BCUT2D eigenvalue weighted by Crippen LogP contribution is -2.62. The van der Waals surface area contributed by atoms with E-state index in [1.807, 2.05) is 25.7 Å². The van der Waals surface area contributed by atoms with Crippen molar-refractivity contribution in [3.05, 3.63) is 51.2 Å².